The largest absolute Gasteiger partial charge is 0.455 e. The van der Waals surface area contributed by atoms with Crippen molar-refractivity contribution in [3.63, 3.8) is 0 Å². The van der Waals surface area contributed by atoms with Crippen LogP contribution in [0.5, 0.6) is 0 Å². The van der Waals surface area contributed by atoms with Crippen molar-refractivity contribution in [2.75, 3.05) is 18.0 Å². The lowest BCUT2D eigenvalue weighted by atomic mass is 10.1. The van der Waals surface area contributed by atoms with Gasteiger partial charge in [0.25, 0.3) is 0 Å². The van der Waals surface area contributed by atoms with Crippen molar-refractivity contribution in [3.8, 4) is 0 Å². The predicted octanol–water partition coefficient (Wildman–Crippen LogP) is 3.11. The normalized spacial score (nSPS) is 15.7. The molecule has 0 aromatic carbocycles. The highest BCUT2D eigenvalue weighted by Gasteiger charge is 2.58. The molecule has 2 nitrogen and oxygen atoms in total. The van der Waals surface area contributed by atoms with Gasteiger partial charge in [-0.25, -0.2) is 0 Å². The fraction of sp³-hybridized carbons (Fsp3) is 0.364. The molecule has 2 rings (SSSR count). The number of anilines is 1. The van der Waals surface area contributed by atoms with E-state index in [0.29, 0.717) is 5.56 Å². The number of aromatic nitrogens is 1. The Morgan fingerprint density at radius 2 is 1.94 bits per heavy atom. The summed E-state index contributed by atoms with van der Waals surface area (Å²) in [5.41, 5.74) is 0.859. The van der Waals surface area contributed by atoms with Crippen molar-refractivity contribution < 1.29 is 22.0 Å². The lowest BCUT2D eigenvalue weighted by molar-refractivity contribution is -0.277. The molecule has 0 amide bonds. The van der Waals surface area contributed by atoms with E-state index in [1.54, 1.807) is 12.1 Å². The van der Waals surface area contributed by atoms with Crippen molar-refractivity contribution in [2.45, 2.75) is 12.1 Å². The average Bonchev–Trinajstić information content (AvgIpc) is 2.27. The number of nitrogens with zero attached hydrogens (tertiary/aromatic N) is 2. The van der Waals surface area contributed by atoms with Crippen molar-refractivity contribution in [1.29, 1.82) is 0 Å². The molecule has 0 bridgehead atoms. The maximum Gasteiger partial charge on any atom is 0.455 e. The first-order valence-electron chi connectivity index (χ1n) is 5.11. The zero-order valence-electron chi connectivity index (χ0n) is 9.09. The number of rotatable bonds is 2. The maximum atomic E-state index is 13.0. The van der Waals surface area contributed by atoms with Gasteiger partial charge >= 0.3 is 12.1 Å². The minimum absolute atomic E-state index is 0.00433. The third-order valence-electron chi connectivity index (χ3n) is 2.60. The molecule has 0 fully saturated rings. The third kappa shape index (κ3) is 2.30. The molecule has 18 heavy (non-hydrogen) atoms. The second-order valence-electron chi connectivity index (χ2n) is 3.92. The number of pyridine rings is 1. The molecular weight excluding hydrogens is 255 g/mol. The Morgan fingerprint density at radius 3 is 2.61 bits per heavy atom. The van der Waals surface area contributed by atoms with Crippen molar-refractivity contribution in [2.24, 2.45) is 0 Å². The molecule has 0 saturated carbocycles. The first kappa shape index (κ1) is 12.8. The van der Waals surface area contributed by atoms with Gasteiger partial charge in [-0.1, -0.05) is 12.2 Å². The minimum Gasteiger partial charge on any atom is -0.360 e. The van der Waals surface area contributed by atoms with Crippen LogP contribution in [0.3, 0.4) is 0 Å². The Kier molecular flexibility index (Phi) is 3.00. The number of hydrogen-bond donors (Lipinski definition) is 0. The van der Waals surface area contributed by atoms with Crippen molar-refractivity contribution in [1.82, 2.24) is 4.98 Å². The highest BCUT2D eigenvalue weighted by molar-refractivity contribution is 5.70. The second-order valence-corrected chi connectivity index (χ2v) is 3.92. The minimum atomic E-state index is -5.55. The van der Waals surface area contributed by atoms with E-state index in [1.807, 2.05) is 0 Å². The van der Waals surface area contributed by atoms with Gasteiger partial charge in [0.1, 0.15) is 0 Å². The van der Waals surface area contributed by atoms with Crippen LogP contribution in [0.2, 0.25) is 0 Å². The van der Waals surface area contributed by atoms with E-state index in [-0.39, 0.29) is 12.2 Å². The standard InChI is InChI=1S/C11H9F5N2/c12-10(13,11(14,15)16)7-18-5-1-2-8-3-4-17-6-9(8)18/h1-4,6H,5,7H2. The van der Waals surface area contributed by atoms with Gasteiger partial charge in [0.2, 0.25) is 0 Å². The zero-order valence-corrected chi connectivity index (χ0v) is 9.09. The Morgan fingerprint density at radius 1 is 1.22 bits per heavy atom. The van der Waals surface area contributed by atoms with Crippen LogP contribution in [-0.2, 0) is 0 Å². The van der Waals surface area contributed by atoms with Crippen LogP contribution in [0, 0.1) is 0 Å². The molecule has 0 saturated heterocycles. The Labute approximate surface area is 99.7 Å². The lowest BCUT2D eigenvalue weighted by Gasteiger charge is -2.31. The summed E-state index contributed by atoms with van der Waals surface area (Å²) in [5, 5.41) is 0. The molecule has 1 aliphatic rings. The number of alkyl halides is 5. The molecule has 0 N–H and O–H groups in total. The summed E-state index contributed by atoms with van der Waals surface area (Å²) < 4.78 is 62.5. The summed E-state index contributed by atoms with van der Waals surface area (Å²) in [6.07, 6.45) is 0.393. The Balaban J connectivity index is 2.25. The Hall–Kier alpha value is -1.66. The average molecular weight is 264 g/mol. The summed E-state index contributed by atoms with van der Waals surface area (Å²) >= 11 is 0. The van der Waals surface area contributed by atoms with Crippen molar-refractivity contribution >= 4 is 11.8 Å². The van der Waals surface area contributed by atoms with E-state index in [2.05, 4.69) is 4.98 Å². The van der Waals surface area contributed by atoms with E-state index < -0.39 is 18.6 Å². The van der Waals surface area contributed by atoms with Gasteiger partial charge < -0.3 is 4.90 Å². The van der Waals surface area contributed by atoms with E-state index in [9.17, 15) is 22.0 Å². The van der Waals surface area contributed by atoms with Gasteiger partial charge in [-0.15, -0.1) is 0 Å². The molecule has 0 unspecified atom stereocenters. The predicted molar refractivity (Wildman–Crippen MR) is 56.5 cm³/mol. The maximum absolute atomic E-state index is 13.0. The molecule has 0 atom stereocenters. The summed E-state index contributed by atoms with van der Waals surface area (Å²) in [6, 6.07) is 1.56. The van der Waals surface area contributed by atoms with Gasteiger partial charge in [-0.2, -0.15) is 22.0 Å². The number of hydrogen-bond acceptors (Lipinski definition) is 2. The van der Waals surface area contributed by atoms with Gasteiger partial charge in [0, 0.05) is 18.3 Å². The topological polar surface area (TPSA) is 16.1 Å². The molecule has 7 heteroatoms. The highest BCUT2D eigenvalue weighted by Crippen LogP contribution is 2.37. The van der Waals surface area contributed by atoms with Crippen LogP contribution in [0.25, 0.3) is 6.08 Å². The van der Waals surface area contributed by atoms with Crippen LogP contribution in [0.1, 0.15) is 5.56 Å². The van der Waals surface area contributed by atoms with Gasteiger partial charge in [0.05, 0.1) is 18.4 Å². The van der Waals surface area contributed by atoms with Crippen molar-refractivity contribution in [3.05, 3.63) is 30.1 Å². The van der Waals surface area contributed by atoms with E-state index >= 15 is 0 Å². The van der Waals surface area contributed by atoms with Crippen LogP contribution >= 0.6 is 0 Å². The smallest absolute Gasteiger partial charge is 0.360 e. The van der Waals surface area contributed by atoms with Crippen LogP contribution in [0.15, 0.2) is 24.5 Å². The molecule has 0 aliphatic carbocycles. The van der Waals surface area contributed by atoms with Crippen LogP contribution in [-0.4, -0.2) is 30.2 Å². The molecule has 1 aromatic heterocycles. The highest BCUT2D eigenvalue weighted by atomic mass is 19.4. The van der Waals surface area contributed by atoms with Gasteiger partial charge in [-0.3, -0.25) is 4.98 Å². The lowest BCUT2D eigenvalue weighted by Crippen LogP contribution is -2.47. The molecule has 0 radical (unpaired) electrons. The second kappa shape index (κ2) is 4.22. The summed E-state index contributed by atoms with van der Waals surface area (Å²) in [5.74, 6) is -4.74. The first-order valence-corrected chi connectivity index (χ1v) is 5.11. The zero-order chi connectivity index (χ0) is 13.4. The molecule has 98 valence electrons. The summed E-state index contributed by atoms with van der Waals surface area (Å²) in [4.78, 5) is 4.71. The third-order valence-corrected chi connectivity index (χ3v) is 2.60. The first-order chi connectivity index (χ1) is 8.31. The van der Waals surface area contributed by atoms with Crippen LogP contribution in [0.4, 0.5) is 27.6 Å². The summed E-state index contributed by atoms with van der Waals surface area (Å²) in [6.45, 7) is -1.40. The van der Waals surface area contributed by atoms with Crippen LogP contribution < -0.4 is 4.90 Å². The summed E-state index contributed by atoms with van der Waals surface area (Å²) in [7, 11) is 0. The number of fused-ring (bicyclic) bond motifs is 1. The fourth-order valence-electron chi connectivity index (χ4n) is 1.69. The SMILES string of the molecule is FC(F)(F)C(F)(F)CN1CC=Cc2ccncc21. The molecular formula is C11H9F5N2. The molecule has 1 aromatic rings. The van der Waals surface area contributed by atoms with Gasteiger partial charge in [0.15, 0.2) is 0 Å². The van der Waals surface area contributed by atoms with E-state index in [4.69, 9.17) is 0 Å². The molecule has 2 heterocycles. The number of halogens is 5. The van der Waals surface area contributed by atoms with E-state index in [0.717, 1.165) is 4.90 Å². The monoisotopic (exact) mass is 264 g/mol. The molecule has 0 spiro atoms. The fourth-order valence-corrected chi connectivity index (χ4v) is 1.69. The Bertz CT molecular complexity index is 467. The van der Waals surface area contributed by atoms with Gasteiger partial charge in [-0.05, 0) is 6.07 Å². The van der Waals surface area contributed by atoms with E-state index in [1.165, 1.54) is 18.5 Å². The quantitative estimate of drug-likeness (QED) is 0.763. The molecule has 1 aliphatic heterocycles.